The van der Waals surface area contributed by atoms with Crippen LogP contribution in [0.1, 0.15) is 0 Å². The topological polar surface area (TPSA) is 156 Å². The van der Waals surface area contributed by atoms with Gasteiger partial charge in [-0.3, -0.25) is 35.5 Å². The van der Waals surface area contributed by atoms with E-state index in [2.05, 4.69) is 42.5 Å². The van der Waals surface area contributed by atoms with Crippen molar-refractivity contribution in [2.45, 2.75) is 12.1 Å². The van der Waals surface area contributed by atoms with Gasteiger partial charge >= 0.3 is 0 Å². The Labute approximate surface area is 183 Å². The van der Waals surface area contributed by atoms with Gasteiger partial charge in [-0.1, -0.05) is 21.2 Å². The van der Waals surface area contributed by atoms with E-state index >= 15 is 0 Å². The van der Waals surface area contributed by atoms with Crippen LogP contribution in [0.3, 0.4) is 0 Å². The van der Waals surface area contributed by atoms with Gasteiger partial charge in [-0.25, -0.2) is 10.0 Å². The normalized spacial score (nSPS) is 21.1. The zero-order chi connectivity index (χ0) is 22.1. The fourth-order valence-corrected chi connectivity index (χ4v) is 3.14. The van der Waals surface area contributed by atoms with Gasteiger partial charge in [-0.05, 0) is 48.5 Å². The van der Waals surface area contributed by atoms with Crippen molar-refractivity contribution in [3.63, 3.8) is 0 Å². The first-order valence-electron chi connectivity index (χ1n) is 8.84. The highest BCUT2D eigenvalue weighted by molar-refractivity contribution is 9.10. The molecule has 2 atom stereocenters. The number of carbonyl (C=O) groups is 4. The molecule has 2 unspecified atom stereocenters. The molecule has 158 valence electrons. The molecule has 2 aromatic carbocycles. The largest absolute Gasteiger partial charge is 0.508 e. The van der Waals surface area contributed by atoms with E-state index in [-0.39, 0.29) is 5.75 Å². The first-order valence-corrected chi connectivity index (χ1v) is 9.63. The van der Waals surface area contributed by atoms with E-state index in [4.69, 9.17) is 0 Å². The number of amides is 4. The molecular weight excluding hydrogens is 474 g/mol. The molecule has 0 radical (unpaired) electrons. The van der Waals surface area contributed by atoms with Gasteiger partial charge in [0.2, 0.25) is 12.1 Å². The number of nitrogens with zero attached hydrogens (tertiary/aromatic N) is 4. The second-order valence-electron chi connectivity index (χ2n) is 6.47. The van der Waals surface area contributed by atoms with E-state index in [1.54, 1.807) is 24.3 Å². The number of phenols is 1. The van der Waals surface area contributed by atoms with Crippen LogP contribution in [0.25, 0.3) is 0 Å². The number of halogens is 1. The molecule has 2 heterocycles. The van der Waals surface area contributed by atoms with Crippen LogP contribution in [0.15, 0.2) is 63.3 Å². The quantitative estimate of drug-likeness (QED) is 0.270. The Balaban J connectivity index is 1.42. The number of anilines is 2. The van der Waals surface area contributed by atoms with Crippen LogP contribution in [0.5, 0.6) is 5.75 Å². The van der Waals surface area contributed by atoms with E-state index < -0.39 is 35.7 Å². The summed E-state index contributed by atoms with van der Waals surface area (Å²) in [6, 6.07) is 9.38. The van der Waals surface area contributed by atoms with Crippen molar-refractivity contribution in [2.24, 2.45) is 10.3 Å². The minimum Gasteiger partial charge on any atom is -0.508 e. The van der Waals surface area contributed by atoms with Gasteiger partial charge < -0.3 is 5.11 Å². The van der Waals surface area contributed by atoms with E-state index in [1.807, 2.05) is 0 Å². The van der Waals surface area contributed by atoms with Gasteiger partial charge in [0.25, 0.3) is 23.6 Å². The van der Waals surface area contributed by atoms with Gasteiger partial charge in [0.1, 0.15) is 5.75 Å². The number of hydrazine groups is 2. The predicted molar refractivity (Wildman–Crippen MR) is 109 cm³/mol. The molecule has 2 saturated heterocycles. The number of benzene rings is 2. The molecule has 4 N–H and O–H groups in total. The van der Waals surface area contributed by atoms with E-state index in [9.17, 15) is 24.3 Å². The Morgan fingerprint density at radius 3 is 2.03 bits per heavy atom. The lowest BCUT2D eigenvalue weighted by Crippen LogP contribution is -2.38. The molecule has 0 saturated carbocycles. The van der Waals surface area contributed by atoms with Crippen molar-refractivity contribution in [3.05, 3.63) is 53.0 Å². The minimum absolute atomic E-state index is 0.00107. The molecule has 0 aliphatic carbocycles. The number of aromatic hydroxyl groups is 1. The summed E-state index contributed by atoms with van der Waals surface area (Å²) in [5.74, 6) is -2.74. The maximum Gasteiger partial charge on any atom is 0.282 e. The van der Waals surface area contributed by atoms with Gasteiger partial charge in [-0.2, -0.15) is 0 Å². The Kier molecular flexibility index (Phi) is 5.25. The third kappa shape index (κ3) is 3.90. The Bertz CT molecular complexity index is 1090. The smallest absolute Gasteiger partial charge is 0.282 e. The van der Waals surface area contributed by atoms with Gasteiger partial charge in [-0.15, -0.1) is 5.11 Å². The molecule has 4 rings (SSSR count). The fraction of sp³-hybridized carbons (Fsp3) is 0.111. The highest BCUT2D eigenvalue weighted by Gasteiger charge is 2.42. The molecule has 4 amide bonds. The van der Waals surface area contributed by atoms with Crippen LogP contribution < -0.4 is 26.3 Å². The van der Waals surface area contributed by atoms with Crippen LogP contribution in [-0.2, 0) is 19.2 Å². The number of phenolic OH excluding ortho intramolecular Hbond substituents is 1. The summed E-state index contributed by atoms with van der Waals surface area (Å²) in [6.45, 7) is 0. The monoisotopic (exact) mass is 487 g/mol. The molecule has 2 aliphatic rings. The Hall–Kier alpha value is -4.00. The molecule has 31 heavy (non-hydrogen) atoms. The number of rotatable bonds is 5. The second-order valence-corrected chi connectivity index (χ2v) is 7.39. The lowest BCUT2D eigenvalue weighted by atomic mass is 10.2. The number of nitrogens with one attached hydrogen (secondary N) is 3. The van der Waals surface area contributed by atoms with Crippen molar-refractivity contribution in [3.8, 4) is 5.75 Å². The van der Waals surface area contributed by atoms with Crippen molar-refractivity contribution in [1.29, 1.82) is 0 Å². The zero-order valence-corrected chi connectivity index (χ0v) is 17.1. The maximum atomic E-state index is 12.5. The van der Waals surface area contributed by atoms with Crippen LogP contribution in [0.2, 0.25) is 0 Å². The lowest BCUT2D eigenvalue weighted by molar-refractivity contribution is -0.125. The number of carbonyl (C=O) groups excluding carboxylic acids is 4. The lowest BCUT2D eigenvalue weighted by Gasteiger charge is -2.15. The summed E-state index contributed by atoms with van der Waals surface area (Å²) < 4.78 is 0.804. The standard InChI is InChI=1S/C18H14BrN7O5/c19-9-1-3-10(4-2-9)25-17(30)13(15(28)22-25)20-24-21-14-16(29)23-26(18(14)31)11-5-7-12(27)8-6-11/h1-8,13-14,27H,(H,20,21)(H,22,28)(H,23,29). The molecule has 0 spiro atoms. The maximum absolute atomic E-state index is 12.5. The third-order valence-corrected chi connectivity index (χ3v) is 4.96. The Morgan fingerprint density at radius 1 is 0.839 bits per heavy atom. The SMILES string of the molecule is O=C1NN(c2ccc(O)cc2)C(=O)C1N=NNC1C(=O)NN(c2ccc(Br)cc2)C1=O. The van der Waals surface area contributed by atoms with E-state index in [0.717, 1.165) is 14.5 Å². The molecule has 2 aromatic rings. The van der Waals surface area contributed by atoms with Crippen molar-refractivity contribution < 1.29 is 24.3 Å². The predicted octanol–water partition coefficient (Wildman–Crippen LogP) is 0.304. The average Bonchev–Trinajstić information content (AvgIpc) is 3.19. The summed E-state index contributed by atoms with van der Waals surface area (Å²) >= 11 is 3.29. The number of hydrogen-bond acceptors (Lipinski definition) is 7. The zero-order valence-electron chi connectivity index (χ0n) is 15.5. The molecule has 2 fully saturated rings. The molecule has 0 bridgehead atoms. The summed E-state index contributed by atoms with van der Waals surface area (Å²) in [6.07, 6.45) is 0. The number of hydrogen-bond donors (Lipinski definition) is 4. The molecule has 13 heteroatoms. The third-order valence-electron chi connectivity index (χ3n) is 4.43. The van der Waals surface area contributed by atoms with E-state index in [1.165, 1.54) is 24.3 Å². The average molecular weight is 488 g/mol. The fourth-order valence-electron chi connectivity index (χ4n) is 2.87. The van der Waals surface area contributed by atoms with Crippen molar-refractivity contribution in [1.82, 2.24) is 16.3 Å². The summed E-state index contributed by atoms with van der Waals surface area (Å²) in [5.41, 5.74) is 7.79. The molecule has 12 nitrogen and oxygen atoms in total. The molecule has 0 aromatic heterocycles. The summed E-state index contributed by atoms with van der Waals surface area (Å²) in [7, 11) is 0. The van der Waals surface area contributed by atoms with Crippen LogP contribution in [-0.4, -0.2) is 40.8 Å². The van der Waals surface area contributed by atoms with Gasteiger partial charge in [0, 0.05) is 4.47 Å². The van der Waals surface area contributed by atoms with E-state index in [0.29, 0.717) is 11.4 Å². The van der Waals surface area contributed by atoms with Crippen LogP contribution >= 0.6 is 15.9 Å². The Morgan fingerprint density at radius 2 is 1.39 bits per heavy atom. The van der Waals surface area contributed by atoms with Crippen molar-refractivity contribution in [2.75, 3.05) is 10.0 Å². The summed E-state index contributed by atoms with van der Waals surface area (Å²) in [5, 5.41) is 18.5. The first kappa shape index (κ1) is 20.3. The van der Waals surface area contributed by atoms with Crippen LogP contribution in [0, 0.1) is 0 Å². The van der Waals surface area contributed by atoms with Crippen molar-refractivity contribution >= 4 is 50.9 Å². The molecular formula is C18H14BrN7O5. The van der Waals surface area contributed by atoms with Gasteiger partial charge in [0.05, 0.1) is 11.4 Å². The highest BCUT2D eigenvalue weighted by atomic mass is 79.9. The van der Waals surface area contributed by atoms with Crippen LogP contribution in [0.4, 0.5) is 11.4 Å². The van der Waals surface area contributed by atoms with Gasteiger partial charge in [0.15, 0.2) is 0 Å². The molecule has 2 aliphatic heterocycles. The highest BCUT2D eigenvalue weighted by Crippen LogP contribution is 2.22. The second kappa shape index (κ2) is 8.02. The minimum atomic E-state index is -1.50. The summed E-state index contributed by atoms with van der Waals surface area (Å²) in [4.78, 5) is 49.2. The first-order chi connectivity index (χ1) is 14.8.